The summed E-state index contributed by atoms with van der Waals surface area (Å²) in [5.41, 5.74) is 1.23. The van der Waals surface area contributed by atoms with Gasteiger partial charge in [-0.25, -0.2) is 9.98 Å². The Morgan fingerprint density at radius 3 is 2.62 bits per heavy atom. The van der Waals surface area contributed by atoms with E-state index in [0.717, 1.165) is 50.0 Å². The van der Waals surface area contributed by atoms with Crippen LogP contribution in [0.25, 0.3) is 0 Å². The van der Waals surface area contributed by atoms with Crippen molar-refractivity contribution >= 4 is 11.8 Å². The molecular formula is C23H33N5O. The molecule has 0 aliphatic carbocycles. The van der Waals surface area contributed by atoms with Crippen molar-refractivity contribution in [1.82, 2.24) is 15.6 Å². The number of nitrogens with one attached hydrogen (secondary N) is 2. The number of hydrogen-bond acceptors (Lipinski definition) is 4. The van der Waals surface area contributed by atoms with Gasteiger partial charge in [0.05, 0.1) is 6.54 Å². The molecule has 1 aromatic carbocycles. The fourth-order valence-electron chi connectivity index (χ4n) is 3.41. The minimum Gasteiger partial charge on any atom is -0.489 e. The van der Waals surface area contributed by atoms with Crippen molar-refractivity contribution < 1.29 is 4.74 Å². The Labute approximate surface area is 174 Å². The molecule has 0 radical (unpaired) electrons. The number of anilines is 1. The van der Waals surface area contributed by atoms with E-state index in [2.05, 4.69) is 59.5 Å². The molecule has 2 aromatic rings. The van der Waals surface area contributed by atoms with E-state index in [9.17, 15) is 0 Å². The van der Waals surface area contributed by atoms with Crippen LogP contribution in [-0.4, -0.2) is 49.3 Å². The van der Waals surface area contributed by atoms with Crippen LogP contribution in [0.15, 0.2) is 53.7 Å². The van der Waals surface area contributed by atoms with Gasteiger partial charge in [-0.15, -0.1) is 0 Å². The van der Waals surface area contributed by atoms with Crippen LogP contribution in [0.3, 0.4) is 0 Å². The molecular weight excluding hydrogens is 362 g/mol. The SMILES string of the molecule is CCNC(=NCC(C)Oc1ccc(C)cc1)NC1CCN(c2ccccn2)CC1. The Morgan fingerprint density at radius 1 is 1.21 bits per heavy atom. The van der Waals surface area contributed by atoms with Gasteiger partial charge in [0, 0.05) is 31.9 Å². The minimum atomic E-state index is 0.0131. The number of nitrogens with zero attached hydrogens (tertiary/aromatic N) is 3. The molecule has 2 heterocycles. The van der Waals surface area contributed by atoms with Gasteiger partial charge in [0.2, 0.25) is 0 Å². The van der Waals surface area contributed by atoms with E-state index in [4.69, 9.17) is 9.73 Å². The highest BCUT2D eigenvalue weighted by Crippen LogP contribution is 2.17. The monoisotopic (exact) mass is 395 g/mol. The Hall–Kier alpha value is -2.76. The molecule has 1 aromatic heterocycles. The number of piperidine rings is 1. The third kappa shape index (κ3) is 6.66. The molecule has 1 aliphatic rings. The molecule has 0 spiro atoms. The highest BCUT2D eigenvalue weighted by molar-refractivity contribution is 5.80. The Balaban J connectivity index is 1.48. The van der Waals surface area contributed by atoms with E-state index in [1.54, 1.807) is 0 Å². The number of rotatable bonds is 7. The van der Waals surface area contributed by atoms with Gasteiger partial charge >= 0.3 is 0 Å². The quantitative estimate of drug-likeness (QED) is 0.556. The Kier molecular flexibility index (Phi) is 7.73. The third-order valence-corrected chi connectivity index (χ3v) is 5.02. The zero-order chi connectivity index (χ0) is 20.5. The average molecular weight is 396 g/mol. The van der Waals surface area contributed by atoms with Gasteiger partial charge in [0.25, 0.3) is 0 Å². The molecule has 1 atom stereocenters. The van der Waals surface area contributed by atoms with Crippen molar-refractivity contribution in [3.8, 4) is 5.75 Å². The van der Waals surface area contributed by atoms with E-state index in [1.807, 2.05) is 30.5 Å². The lowest BCUT2D eigenvalue weighted by Gasteiger charge is -2.33. The van der Waals surface area contributed by atoms with Crippen molar-refractivity contribution in [2.75, 3.05) is 31.1 Å². The summed E-state index contributed by atoms with van der Waals surface area (Å²) >= 11 is 0. The topological polar surface area (TPSA) is 61.8 Å². The summed E-state index contributed by atoms with van der Waals surface area (Å²) in [7, 11) is 0. The molecule has 1 saturated heterocycles. The van der Waals surface area contributed by atoms with E-state index in [-0.39, 0.29) is 6.10 Å². The first-order valence-corrected chi connectivity index (χ1v) is 10.6. The maximum absolute atomic E-state index is 5.97. The summed E-state index contributed by atoms with van der Waals surface area (Å²) in [6.07, 6.45) is 4.00. The van der Waals surface area contributed by atoms with E-state index < -0.39 is 0 Å². The molecule has 3 rings (SSSR count). The number of pyridine rings is 1. The van der Waals surface area contributed by atoms with Crippen LogP contribution in [0.4, 0.5) is 5.82 Å². The highest BCUT2D eigenvalue weighted by Gasteiger charge is 2.20. The summed E-state index contributed by atoms with van der Waals surface area (Å²) in [5.74, 6) is 2.81. The van der Waals surface area contributed by atoms with Crippen LogP contribution >= 0.6 is 0 Å². The number of aryl methyl sites for hydroxylation is 1. The lowest BCUT2D eigenvalue weighted by Crippen LogP contribution is -2.49. The zero-order valence-corrected chi connectivity index (χ0v) is 17.8. The molecule has 6 nitrogen and oxygen atoms in total. The number of hydrogen-bond donors (Lipinski definition) is 2. The molecule has 1 fully saturated rings. The summed E-state index contributed by atoms with van der Waals surface area (Å²) in [5, 5.41) is 6.95. The lowest BCUT2D eigenvalue weighted by molar-refractivity contribution is 0.230. The lowest BCUT2D eigenvalue weighted by atomic mass is 10.1. The third-order valence-electron chi connectivity index (χ3n) is 5.02. The molecule has 29 heavy (non-hydrogen) atoms. The van der Waals surface area contributed by atoms with Crippen molar-refractivity contribution in [2.24, 2.45) is 4.99 Å². The fraction of sp³-hybridized carbons (Fsp3) is 0.478. The molecule has 156 valence electrons. The summed E-state index contributed by atoms with van der Waals surface area (Å²) < 4.78 is 5.97. The molecule has 1 aliphatic heterocycles. The van der Waals surface area contributed by atoms with Crippen LogP contribution in [0.1, 0.15) is 32.3 Å². The van der Waals surface area contributed by atoms with Gasteiger partial charge in [0.1, 0.15) is 17.7 Å². The van der Waals surface area contributed by atoms with Gasteiger partial charge in [-0.1, -0.05) is 23.8 Å². The van der Waals surface area contributed by atoms with Gasteiger partial charge in [-0.3, -0.25) is 0 Å². The largest absolute Gasteiger partial charge is 0.489 e. The average Bonchev–Trinajstić information content (AvgIpc) is 2.75. The molecule has 6 heteroatoms. The van der Waals surface area contributed by atoms with Crippen molar-refractivity contribution in [1.29, 1.82) is 0 Å². The smallest absolute Gasteiger partial charge is 0.191 e. The van der Waals surface area contributed by atoms with Crippen LogP contribution < -0.4 is 20.3 Å². The number of aliphatic imine (C=N–C) groups is 1. The molecule has 0 bridgehead atoms. The first-order valence-electron chi connectivity index (χ1n) is 10.6. The van der Waals surface area contributed by atoms with Crippen LogP contribution in [0.5, 0.6) is 5.75 Å². The number of guanidine groups is 1. The second-order valence-electron chi connectivity index (χ2n) is 7.55. The molecule has 0 amide bonds. The fourth-order valence-corrected chi connectivity index (χ4v) is 3.41. The van der Waals surface area contributed by atoms with Gasteiger partial charge < -0.3 is 20.3 Å². The van der Waals surface area contributed by atoms with Gasteiger partial charge in [0.15, 0.2) is 5.96 Å². The van der Waals surface area contributed by atoms with E-state index in [0.29, 0.717) is 12.6 Å². The predicted octanol–water partition coefficient (Wildman–Crippen LogP) is 3.38. The first-order chi connectivity index (χ1) is 14.1. The summed E-state index contributed by atoms with van der Waals surface area (Å²) in [6, 6.07) is 14.6. The normalized spacial score (nSPS) is 16.4. The minimum absolute atomic E-state index is 0.0131. The predicted molar refractivity (Wildman–Crippen MR) is 120 cm³/mol. The van der Waals surface area contributed by atoms with Gasteiger partial charge in [-0.05, 0) is 57.9 Å². The van der Waals surface area contributed by atoms with Crippen molar-refractivity contribution in [2.45, 2.75) is 45.8 Å². The Bertz CT molecular complexity index is 755. The van der Waals surface area contributed by atoms with Gasteiger partial charge in [-0.2, -0.15) is 0 Å². The van der Waals surface area contributed by atoms with E-state index in [1.165, 1.54) is 5.56 Å². The van der Waals surface area contributed by atoms with Crippen molar-refractivity contribution in [3.63, 3.8) is 0 Å². The maximum Gasteiger partial charge on any atom is 0.191 e. The summed E-state index contributed by atoms with van der Waals surface area (Å²) in [4.78, 5) is 11.6. The summed E-state index contributed by atoms with van der Waals surface area (Å²) in [6.45, 7) is 9.67. The Morgan fingerprint density at radius 2 is 1.97 bits per heavy atom. The van der Waals surface area contributed by atoms with E-state index >= 15 is 0 Å². The highest BCUT2D eigenvalue weighted by atomic mass is 16.5. The number of benzene rings is 1. The zero-order valence-electron chi connectivity index (χ0n) is 17.8. The second-order valence-corrected chi connectivity index (χ2v) is 7.55. The van der Waals surface area contributed by atoms with Crippen LogP contribution in [-0.2, 0) is 0 Å². The number of aromatic nitrogens is 1. The standard InChI is InChI=1S/C23H33N5O/c1-4-24-23(26-17-19(3)29-21-10-8-18(2)9-11-21)27-20-12-15-28(16-13-20)22-7-5-6-14-25-22/h5-11,14,19-20H,4,12-13,15-17H2,1-3H3,(H2,24,26,27). The maximum atomic E-state index is 5.97. The second kappa shape index (κ2) is 10.7. The number of ether oxygens (including phenoxy) is 1. The molecule has 1 unspecified atom stereocenters. The van der Waals surface area contributed by atoms with Crippen molar-refractivity contribution in [3.05, 3.63) is 54.2 Å². The molecule has 0 saturated carbocycles. The first kappa shape index (κ1) is 21.0. The van der Waals surface area contributed by atoms with Crippen LogP contribution in [0.2, 0.25) is 0 Å². The van der Waals surface area contributed by atoms with Crippen LogP contribution in [0, 0.1) is 6.92 Å². The molecule has 2 N–H and O–H groups in total.